The van der Waals surface area contributed by atoms with Gasteiger partial charge in [-0.2, -0.15) is 13.2 Å². The normalized spacial score (nSPS) is 21.1. The van der Waals surface area contributed by atoms with Crippen LogP contribution in [0.15, 0.2) is 18.2 Å². The number of hydrogen-bond donors (Lipinski definition) is 1. The lowest BCUT2D eigenvalue weighted by Crippen LogP contribution is -2.53. The van der Waals surface area contributed by atoms with E-state index >= 15 is 0 Å². The molecular formula is C19H23ClF3N3O3. The number of piperidine rings is 1. The van der Waals surface area contributed by atoms with E-state index in [0.29, 0.717) is 26.2 Å². The summed E-state index contributed by atoms with van der Waals surface area (Å²) in [4.78, 5) is 28.5. The number of ether oxygens (including phenoxy) is 1. The lowest BCUT2D eigenvalue weighted by atomic mass is 10.1. The molecule has 29 heavy (non-hydrogen) atoms. The Morgan fingerprint density at radius 3 is 2.59 bits per heavy atom. The van der Waals surface area contributed by atoms with E-state index in [2.05, 4.69) is 5.32 Å². The van der Waals surface area contributed by atoms with E-state index in [-0.39, 0.29) is 29.7 Å². The SMILES string of the molecule is O=C(CN1CCOC(C(=O)N2CCCCC2)C1)Nc1cc(C(F)(F)F)ccc1Cl. The van der Waals surface area contributed by atoms with Crippen molar-refractivity contribution in [3.05, 3.63) is 28.8 Å². The summed E-state index contributed by atoms with van der Waals surface area (Å²) < 4.78 is 44.2. The fraction of sp³-hybridized carbons (Fsp3) is 0.579. The minimum atomic E-state index is -4.53. The highest BCUT2D eigenvalue weighted by Crippen LogP contribution is 2.33. The van der Waals surface area contributed by atoms with Crippen molar-refractivity contribution in [3.8, 4) is 0 Å². The maximum atomic E-state index is 12.9. The molecule has 10 heteroatoms. The quantitative estimate of drug-likeness (QED) is 0.793. The fourth-order valence-corrected chi connectivity index (χ4v) is 3.67. The van der Waals surface area contributed by atoms with Gasteiger partial charge in [0.2, 0.25) is 5.91 Å². The summed E-state index contributed by atoms with van der Waals surface area (Å²) in [7, 11) is 0. The largest absolute Gasteiger partial charge is 0.416 e. The third kappa shape index (κ3) is 5.83. The van der Waals surface area contributed by atoms with Crippen molar-refractivity contribution in [2.45, 2.75) is 31.5 Å². The number of nitrogens with zero attached hydrogens (tertiary/aromatic N) is 2. The number of carbonyl (C=O) groups excluding carboxylic acids is 2. The topological polar surface area (TPSA) is 61.9 Å². The van der Waals surface area contributed by atoms with Crippen molar-refractivity contribution in [1.82, 2.24) is 9.80 Å². The summed E-state index contributed by atoms with van der Waals surface area (Å²) in [5.74, 6) is -0.576. The molecule has 2 aliphatic heterocycles. The number of benzene rings is 1. The molecule has 6 nitrogen and oxygen atoms in total. The van der Waals surface area contributed by atoms with Crippen molar-refractivity contribution < 1.29 is 27.5 Å². The van der Waals surface area contributed by atoms with Crippen LogP contribution < -0.4 is 5.32 Å². The van der Waals surface area contributed by atoms with E-state index in [1.807, 2.05) is 0 Å². The van der Waals surface area contributed by atoms with Crippen LogP contribution in [0, 0.1) is 0 Å². The van der Waals surface area contributed by atoms with Crippen LogP contribution in [0.2, 0.25) is 5.02 Å². The molecule has 2 aliphatic rings. The molecule has 1 aromatic carbocycles. The average molecular weight is 434 g/mol. The second kappa shape index (κ2) is 9.32. The molecule has 0 bridgehead atoms. The van der Waals surface area contributed by atoms with Gasteiger partial charge in [0.25, 0.3) is 5.91 Å². The van der Waals surface area contributed by atoms with E-state index in [1.54, 1.807) is 9.80 Å². The van der Waals surface area contributed by atoms with Crippen LogP contribution in [-0.2, 0) is 20.5 Å². The number of rotatable bonds is 4. The van der Waals surface area contributed by atoms with E-state index in [4.69, 9.17) is 16.3 Å². The molecule has 2 heterocycles. The fourth-order valence-electron chi connectivity index (χ4n) is 3.50. The maximum absolute atomic E-state index is 12.9. The minimum Gasteiger partial charge on any atom is -0.366 e. The van der Waals surface area contributed by atoms with Crippen LogP contribution in [0.4, 0.5) is 18.9 Å². The molecule has 1 N–H and O–H groups in total. The van der Waals surface area contributed by atoms with Crippen LogP contribution in [0.1, 0.15) is 24.8 Å². The van der Waals surface area contributed by atoms with Crippen molar-refractivity contribution >= 4 is 29.1 Å². The number of halogens is 4. The number of amides is 2. The minimum absolute atomic E-state index is 0.0199. The van der Waals surface area contributed by atoms with Crippen molar-refractivity contribution in [2.75, 3.05) is 44.6 Å². The molecule has 1 aromatic rings. The van der Waals surface area contributed by atoms with Crippen LogP contribution in [-0.4, -0.2) is 67.0 Å². The monoisotopic (exact) mass is 433 g/mol. The Morgan fingerprint density at radius 1 is 1.17 bits per heavy atom. The summed E-state index contributed by atoms with van der Waals surface area (Å²) in [6.07, 6.45) is -2.10. The van der Waals surface area contributed by atoms with E-state index < -0.39 is 23.8 Å². The molecule has 160 valence electrons. The van der Waals surface area contributed by atoms with Gasteiger partial charge in [-0.05, 0) is 37.5 Å². The number of likely N-dealkylation sites (tertiary alicyclic amines) is 1. The van der Waals surface area contributed by atoms with Gasteiger partial charge in [-0.1, -0.05) is 11.6 Å². The number of nitrogens with one attached hydrogen (secondary N) is 1. The number of alkyl halides is 3. The Balaban J connectivity index is 1.57. The highest BCUT2D eigenvalue weighted by Gasteiger charge is 2.33. The van der Waals surface area contributed by atoms with Gasteiger partial charge >= 0.3 is 6.18 Å². The lowest BCUT2D eigenvalue weighted by molar-refractivity contribution is -0.151. The molecule has 1 atom stereocenters. The first-order valence-electron chi connectivity index (χ1n) is 9.53. The highest BCUT2D eigenvalue weighted by atomic mass is 35.5. The van der Waals surface area contributed by atoms with E-state index in [9.17, 15) is 22.8 Å². The second-order valence-electron chi connectivity index (χ2n) is 7.22. The van der Waals surface area contributed by atoms with Crippen LogP contribution in [0.3, 0.4) is 0 Å². The molecule has 0 radical (unpaired) electrons. The smallest absolute Gasteiger partial charge is 0.366 e. The highest BCUT2D eigenvalue weighted by molar-refractivity contribution is 6.33. The average Bonchev–Trinajstić information content (AvgIpc) is 2.69. The Kier molecular flexibility index (Phi) is 7.02. The van der Waals surface area contributed by atoms with E-state index in [0.717, 1.165) is 37.5 Å². The summed E-state index contributed by atoms with van der Waals surface area (Å²) in [5.41, 5.74) is -0.989. The molecule has 2 saturated heterocycles. The molecular weight excluding hydrogens is 411 g/mol. The zero-order valence-electron chi connectivity index (χ0n) is 15.8. The van der Waals surface area contributed by atoms with Gasteiger partial charge in [0.05, 0.1) is 29.4 Å². The molecule has 3 rings (SSSR count). The van der Waals surface area contributed by atoms with Gasteiger partial charge in [-0.25, -0.2) is 0 Å². The van der Waals surface area contributed by atoms with Crippen molar-refractivity contribution in [2.24, 2.45) is 0 Å². The molecule has 0 saturated carbocycles. The van der Waals surface area contributed by atoms with Gasteiger partial charge in [-0.15, -0.1) is 0 Å². The van der Waals surface area contributed by atoms with Gasteiger partial charge in [0.15, 0.2) is 0 Å². The number of morpholine rings is 1. The molecule has 2 fully saturated rings. The lowest BCUT2D eigenvalue weighted by Gasteiger charge is -2.35. The molecule has 2 amide bonds. The Bertz CT molecular complexity index is 754. The van der Waals surface area contributed by atoms with Gasteiger partial charge in [0.1, 0.15) is 6.10 Å². The first-order valence-corrected chi connectivity index (χ1v) is 9.91. The first kappa shape index (κ1) is 21.9. The molecule has 0 spiro atoms. The molecule has 0 aromatic heterocycles. The Morgan fingerprint density at radius 2 is 1.90 bits per heavy atom. The number of anilines is 1. The standard InChI is InChI=1S/C19H23ClF3N3O3/c20-14-5-4-13(19(21,22)23)10-15(14)24-17(27)12-25-8-9-29-16(11-25)18(28)26-6-2-1-3-7-26/h4-5,10,16H,1-3,6-9,11-12H2,(H,24,27). The van der Waals surface area contributed by atoms with Crippen molar-refractivity contribution in [3.63, 3.8) is 0 Å². The van der Waals surface area contributed by atoms with Crippen LogP contribution in [0.25, 0.3) is 0 Å². The van der Waals surface area contributed by atoms with Gasteiger partial charge in [0, 0.05) is 26.2 Å². The zero-order valence-corrected chi connectivity index (χ0v) is 16.6. The Labute approximate surface area is 171 Å². The summed E-state index contributed by atoms with van der Waals surface area (Å²) >= 11 is 5.92. The number of hydrogen-bond acceptors (Lipinski definition) is 4. The second-order valence-corrected chi connectivity index (χ2v) is 7.63. The molecule has 1 unspecified atom stereocenters. The number of carbonyl (C=O) groups is 2. The Hall–Kier alpha value is -1.84. The predicted octanol–water partition coefficient (Wildman–Crippen LogP) is 3.01. The summed E-state index contributed by atoms with van der Waals surface area (Å²) in [6.45, 7) is 2.38. The summed E-state index contributed by atoms with van der Waals surface area (Å²) in [5, 5.41) is 2.45. The third-order valence-electron chi connectivity index (χ3n) is 5.03. The van der Waals surface area contributed by atoms with Crippen molar-refractivity contribution in [1.29, 1.82) is 0 Å². The summed E-state index contributed by atoms with van der Waals surface area (Å²) in [6, 6.07) is 2.76. The van der Waals surface area contributed by atoms with Crippen LogP contribution >= 0.6 is 11.6 Å². The zero-order chi connectivity index (χ0) is 21.0. The molecule has 0 aliphatic carbocycles. The van der Waals surface area contributed by atoms with Gasteiger partial charge in [-0.3, -0.25) is 14.5 Å². The maximum Gasteiger partial charge on any atom is 0.416 e. The van der Waals surface area contributed by atoms with Gasteiger partial charge < -0.3 is 15.0 Å². The predicted molar refractivity (Wildman–Crippen MR) is 102 cm³/mol. The van der Waals surface area contributed by atoms with Crippen LogP contribution in [0.5, 0.6) is 0 Å². The third-order valence-corrected chi connectivity index (χ3v) is 5.36. The van der Waals surface area contributed by atoms with E-state index in [1.165, 1.54) is 0 Å². The first-order chi connectivity index (χ1) is 13.7.